The van der Waals surface area contributed by atoms with Crippen LogP contribution in [0.3, 0.4) is 0 Å². The number of halogens is 1. The summed E-state index contributed by atoms with van der Waals surface area (Å²) in [7, 11) is -4.07. The molecule has 0 spiro atoms. The SMILES string of the molecule is CC(C)Cc1c(S(=O)(=O)C2(Cc3ccc(OCc4ccc(F)cc4)cc3)COC(C)(C)N2CN)ccc2c1OCO2. The summed E-state index contributed by atoms with van der Waals surface area (Å²) in [6.45, 7) is 7.99. The predicted octanol–water partition coefficient (Wildman–Crippen LogP) is 5.03. The fourth-order valence-corrected chi connectivity index (χ4v) is 7.94. The Kier molecular flexibility index (Phi) is 8.04. The summed E-state index contributed by atoms with van der Waals surface area (Å²) in [6, 6.07) is 16.7. The van der Waals surface area contributed by atoms with Crippen LogP contribution in [0.25, 0.3) is 0 Å². The van der Waals surface area contributed by atoms with E-state index in [2.05, 4.69) is 0 Å². The lowest BCUT2D eigenvalue weighted by molar-refractivity contribution is -0.0544. The van der Waals surface area contributed by atoms with Crippen molar-refractivity contribution < 1.29 is 31.8 Å². The molecule has 2 aliphatic rings. The van der Waals surface area contributed by atoms with Gasteiger partial charge in [-0.1, -0.05) is 38.1 Å². The van der Waals surface area contributed by atoms with E-state index in [1.807, 2.05) is 39.8 Å². The highest BCUT2D eigenvalue weighted by Crippen LogP contribution is 2.47. The normalized spacial score (nSPS) is 20.1. The summed E-state index contributed by atoms with van der Waals surface area (Å²) in [4.78, 5) is 0.466. The van der Waals surface area contributed by atoms with Gasteiger partial charge in [0.1, 0.15) is 23.9 Å². The van der Waals surface area contributed by atoms with Gasteiger partial charge in [-0.15, -0.1) is 0 Å². The van der Waals surface area contributed by atoms with Crippen molar-refractivity contribution in [3.05, 3.63) is 83.2 Å². The molecule has 0 aromatic heterocycles. The second-order valence-corrected chi connectivity index (χ2v) is 13.6. The number of ether oxygens (including phenoxy) is 4. The van der Waals surface area contributed by atoms with Gasteiger partial charge in [-0.2, -0.15) is 0 Å². The molecule has 2 heterocycles. The zero-order valence-electron chi connectivity index (χ0n) is 23.9. The summed E-state index contributed by atoms with van der Waals surface area (Å²) in [6.07, 6.45) is 0.647. The minimum Gasteiger partial charge on any atom is -0.489 e. The van der Waals surface area contributed by atoms with Crippen molar-refractivity contribution in [2.45, 2.75) is 62.6 Å². The molecule has 10 heteroatoms. The van der Waals surface area contributed by atoms with Crippen molar-refractivity contribution in [3.8, 4) is 17.2 Å². The first-order chi connectivity index (χ1) is 19.5. The van der Waals surface area contributed by atoms with E-state index in [-0.39, 0.29) is 49.7 Å². The van der Waals surface area contributed by atoms with Crippen molar-refractivity contribution in [3.63, 3.8) is 0 Å². The van der Waals surface area contributed by atoms with Crippen molar-refractivity contribution in [2.75, 3.05) is 20.1 Å². The monoisotopic (exact) mass is 584 g/mol. The van der Waals surface area contributed by atoms with E-state index >= 15 is 0 Å². The maximum absolute atomic E-state index is 14.8. The lowest BCUT2D eigenvalue weighted by Gasteiger charge is -2.41. The number of nitrogens with zero attached hydrogens (tertiary/aromatic N) is 1. The number of nitrogens with two attached hydrogens (primary N) is 1. The van der Waals surface area contributed by atoms with Gasteiger partial charge in [-0.05, 0) is 73.7 Å². The summed E-state index contributed by atoms with van der Waals surface area (Å²) >= 11 is 0. The van der Waals surface area contributed by atoms with Crippen molar-refractivity contribution in [2.24, 2.45) is 11.7 Å². The molecule has 1 unspecified atom stereocenters. The fourth-order valence-electron chi connectivity index (χ4n) is 5.63. The van der Waals surface area contributed by atoms with Crippen molar-refractivity contribution in [1.82, 2.24) is 4.90 Å². The molecular weight excluding hydrogens is 547 g/mol. The average Bonchev–Trinajstić information content (AvgIpc) is 3.51. The topological polar surface area (TPSA) is 100 Å². The van der Waals surface area contributed by atoms with Gasteiger partial charge < -0.3 is 24.7 Å². The molecule has 2 N–H and O–H groups in total. The second-order valence-electron chi connectivity index (χ2n) is 11.4. The van der Waals surface area contributed by atoms with Gasteiger partial charge >= 0.3 is 0 Å². The molecule has 0 amide bonds. The van der Waals surface area contributed by atoms with Crippen LogP contribution in [0.2, 0.25) is 0 Å². The lowest BCUT2D eigenvalue weighted by atomic mass is 10.0. The van der Waals surface area contributed by atoms with Gasteiger partial charge in [-0.3, -0.25) is 0 Å². The van der Waals surface area contributed by atoms with Crippen LogP contribution >= 0.6 is 0 Å². The quantitative estimate of drug-likeness (QED) is 0.354. The highest BCUT2D eigenvalue weighted by molar-refractivity contribution is 7.92. The third kappa shape index (κ3) is 5.53. The number of benzene rings is 3. The molecule has 3 aromatic rings. The molecule has 0 bridgehead atoms. The summed E-state index contributed by atoms with van der Waals surface area (Å²) in [5, 5.41) is 0. The summed E-state index contributed by atoms with van der Waals surface area (Å²) in [5.74, 6) is 1.52. The Hall–Kier alpha value is -3.18. The molecular formula is C31H37FN2O6S. The highest BCUT2D eigenvalue weighted by atomic mass is 32.2. The van der Waals surface area contributed by atoms with Crippen LogP contribution in [-0.2, 0) is 34.0 Å². The summed E-state index contributed by atoms with van der Waals surface area (Å²) in [5.41, 5.74) is 7.57. The van der Waals surface area contributed by atoms with Crippen LogP contribution in [0.15, 0.2) is 65.6 Å². The van der Waals surface area contributed by atoms with Crippen LogP contribution in [0.4, 0.5) is 4.39 Å². The molecule has 1 saturated heterocycles. The molecule has 0 saturated carbocycles. The molecule has 5 rings (SSSR count). The van der Waals surface area contributed by atoms with E-state index in [4.69, 9.17) is 24.7 Å². The first-order valence-corrected chi connectivity index (χ1v) is 15.2. The molecule has 2 aliphatic heterocycles. The Labute approximate surface area is 241 Å². The average molecular weight is 585 g/mol. The number of fused-ring (bicyclic) bond motifs is 1. The van der Waals surface area contributed by atoms with Crippen LogP contribution < -0.4 is 19.9 Å². The maximum Gasteiger partial charge on any atom is 0.231 e. The van der Waals surface area contributed by atoms with Crippen molar-refractivity contribution in [1.29, 1.82) is 0 Å². The molecule has 41 heavy (non-hydrogen) atoms. The Morgan fingerprint density at radius 3 is 2.34 bits per heavy atom. The number of sulfone groups is 1. The van der Waals surface area contributed by atoms with E-state index in [9.17, 15) is 12.8 Å². The molecule has 220 valence electrons. The van der Waals surface area contributed by atoms with E-state index in [0.717, 1.165) is 11.1 Å². The lowest BCUT2D eigenvalue weighted by Crippen LogP contribution is -2.60. The van der Waals surface area contributed by atoms with Crippen LogP contribution in [0, 0.1) is 11.7 Å². The van der Waals surface area contributed by atoms with Gasteiger partial charge in [-0.25, -0.2) is 17.7 Å². The Morgan fingerprint density at radius 2 is 1.68 bits per heavy atom. The van der Waals surface area contributed by atoms with Gasteiger partial charge in [0.2, 0.25) is 16.6 Å². The zero-order valence-corrected chi connectivity index (χ0v) is 24.7. The standard InChI is InChI=1S/C31H37FN2O6S/c1-21(2)15-26-28(14-13-27-29(26)39-20-38-27)41(35,36)31(18-40-30(3,4)34(31)19-33)16-22-7-11-25(12-8-22)37-17-23-5-9-24(32)10-6-23/h5-14,21H,15-20,33H2,1-4H3. The summed E-state index contributed by atoms with van der Waals surface area (Å²) < 4.78 is 66.2. The van der Waals surface area contributed by atoms with Gasteiger partial charge in [0.05, 0.1) is 11.5 Å². The van der Waals surface area contributed by atoms with E-state index < -0.39 is 20.4 Å². The van der Waals surface area contributed by atoms with Gasteiger partial charge in [0.15, 0.2) is 16.4 Å². The molecule has 0 radical (unpaired) electrons. The van der Waals surface area contributed by atoms with Gasteiger partial charge in [0, 0.05) is 18.7 Å². The molecule has 0 aliphatic carbocycles. The first kappa shape index (κ1) is 29.3. The minimum absolute atomic E-state index is 0.0187. The number of rotatable bonds is 10. The molecule has 1 atom stereocenters. The van der Waals surface area contributed by atoms with Crippen molar-refractivity contribution >= 4 is 9.84 Å². The molecule has 3 aromatic carbocycles. The largest absolute Gasteiger partial charge is 0.489 e. The highest BCUT2D eigenvalue weighted by Gasteiger charge is 2.60. The predicted molar refractivity (Wildman–Crippen MR) is 153 cm³/mol. The second kappa shape index (κ2) is 11.2. The van der Waals surface area contributed by atoms with Gasteiger partial charge in [0.25, 0.3) is 0 Å². The fraction of sp³-hybridized carbons (Fsp3) is 0.419. The smallest absolute Gasteiger partial charge is 0.231 e. The molecule has 1 fully saturated rings. The van der Waals surface area contributed by atoms with E-state index in [0.29, 0.717) is 29.2 Å². The molecule has 8 nitrogen and oxygen atoms in total. The minimum atomic E-state index is -4.07. The Morgan fingerprint density at radius 1 is 1.00 bits per heavy atom. The maximum atomic E-state index is 14.8. The van der Waals surface area contributed by atoms with Crippen LogP contribution in [0.1, 0.15) is 44.4 Å². The van der Waals surface area contributed by atoms with Crippen LogP contribution in [0.5, 0.6) is 17.2 Å². The number of hydrogen-bond acceptors (Lipinski definition) is 8. The third-order valence-corrected chi connectivity index (χ3v) is 10.1. The van der Waals surface area contributed by atoms with E-state index in [1.165, 1.54) is 12.1 Å². The van der Waals surface area contributed by atoms with E-state index in [1.54, 1.807) is 41.3 Å². The Bertz CT molecular complexity index is 1490. The first-order valence-electron chi connectivity index (χ1n) is 13.7. The third-order valence-electron chi connectivity index (χ3n) is 7.70. The zero-order chi connectivity index (χ0) is 29.4. The van der Waals surface area contributed by atoms with Crippen LogP contribution in [-0.4, -0.2) is 44.0 Å². The number of hydrogen-bond donors (Lipinski definition) is 1. The Balaban J connectivity index is 1.50.